The number of aliphatic hydroxyl groups is 1. The van der Waals surface area contributed by atoms with Crippen molar-refractivity contribution in [2.45, 2.75) is 45.3 Å². The molecule has 0 aromatic heterocycles. The Balaban J connectivity index is 2.07. The molecule has 0 fully saturated rings. The van der Waals surface area contributed by atoms with Gasteiger partial charge in [-0.15, -0.1) is 0 Å². The second-order valence-corrected chi connectivity index (χ2v) is 5.59. The molecule has 4 nitrogen and oxygen atoms in total. The van der Waals surface area contributed by atoms with Crippen molar-refractivity contribution in [2.75, 3.05) is 5.32 Å². The number of fused-ring (bicyclic) bond motifs is 1. The van der Waals surface area contributed by atoms with Gasteiger partial charge in [0, 0.05) is 5.69 Å². The van der Waals surface area contributed by atoms with Crippen LogP contribution in [0.3, 0.4) is 0 Å². The fourth-order valence-corrected chi connectivity index (χ4v) is 2.08. The van der Waals surface area contributed by atoms with Gasteiger partial charge < -0.3 is 9.84 Å². The minimum atomic E-state index is -0.514. The van der Waals surface area contributed by atoms with Crippen LogP contribution in [0.1, 0.15) is 44.4 Å². The quantitative estimate of drug-likeness (QED) is 0.804. The highest BCUT2D eigenvalue weighted by atomic mass is 16.6. The van der Waals surface area contributed by atoms with Gasteiger partial charge in [0.05, 0.1) is 6.10 Å². The van der Waals surface area contributed by atoms with E-state index in [1.807, 2.05) is 39.0 Å². The molecule has 0 bridgehead atoms. The number of carbonyl (C=O) groups is 1. The normalized spacial score (nSPS) is 18.3. The number of aliphatic hydroxyl groups excluding tert-OH is 1. The van der Waals surface area contributed by atoms with E-state index in [1.165, 1.54) is 0 Å². The van der Waals surface area contributed by atoms with E-state index in [9.17, 15) is 9.90 Å². The number of ether oxygens (including phenoxy) is 1. The molecule has 0 heterocycles. The van der Waals surface area contributed by atoms with Crippen LogP contribution in [0, 0.1) is 0 Å². The molecule has 1 atom stereocenters. The Labute approximate surface area is 107 Å². The molecular weight excluding hydrogens is 230 g/mol. The van der Waals surface area contributed by atoms with Crippen LogP contribution in [-0.2, 0) is 11.2 Å². The first-order chi connectivity index (χ1) is 8.35. The molecule has 1 aliphatic rings. The van der Waals surface area contributed by atoms with Gasteiger partial charge in [-0.3, -0.25) is 5.32 Å². The van der Waals surface area contributed by atoms with E-state index >= 15 is 0 Å². The molecule has 1 aromatic rings. The molecule has 1 aliphatic carbocycles. The van der Waals surface area contributed by atoms with Gasteiger partial charge in [0.2, 0.25) is 0 Å². The van der Waals surface area contributed by atoms with Crippen molar-refractivity contribution >= 4 is 11.8 Å². The molecule has 0 aliphatic heterocycles. The Morgan fingerprint density at radius 1 is 1.44 bits per heavy atom. The molecule has 2 rings (SSSR count). The highest BCUT2D eigenvalue weighted by Gasteiger charge is 2.21. The van der Waals surface area contributed by atoms with Crippen LogP contribution in [0.4, 0.5) is 10.5 Å². The molecular formula is C14H19NO3. The highest BCUT2D eigenvalue weighted by molar-refractivity contribution is 5.85. The molecule has 0 saturated heterocycles. The van der Waals surface area contributed by atoms with Gasteiger partial charge in [-0.1, -0.05) is 6.07 Å². The van der Waals surface area contributed by atoms with Crippen LogP contribution in [0.25, 0.3) is 0 Å². The first-order valence-corrected chi connectivity index (χ1v) is 6.16. The first kappa shape index (κ1) is 12.9. The van der Waals surface area contributed by atoms with E-state index in [0.29, 0.717) is 5.69 Å². The lowest BCUT2D eigenvalue weighted by Gasteiger charge is -2.20. The summed E-state index contributed by atoms with van der Waals surface area (Å²) < 4.78 is 5.18. The summed E-state index contributed by atoms with van der Waals surface area (Å²) in [6.45, 7) is 5.46. The molecule has 2 N–H and O–H groups in total. The average Bonchev–Trinajstić information content (AvgIpc) is 2.57. The second-order valence-electron chi connectivity index (χ2n) is 5.59. The van der Waals surface area contributed by atoms with Crippen molar-refractivity contribution in [1.29, 1.82) is 0 Å². The van der Waals surface area contributed by atoms with Gasteiger partial charge in [-0.25, -0.2) is 4.79 Å². The molecule has 98 valence electrons. The zero-order chi connectivity index (χ0) is 13.3. The van der Waals surface area contributed by atoms with E-state index in [1.54, 1.807) is 0 Å². The summed E-state index contributed by atoms with van der Waals surface area (Å²) in [7, 11) is 0. The fraction of sp³-hybridized carbons (Fsp3) is 0.500. The zero-order valence-corrected chi connectivity index (χ0v) is 11.0. The Morgan fingerprint density at radius 3 is 2.83 bits per heavy atom. The Morgan fingerprint density at radius 2 is 2.17 bits per heavy atom. The predicted octanol–water partition coefficient (Wildman–Crippen LogP) is 3.01. The SMILES string of the molecule is CC(C)(C)OC(=O)Nc1ccc2c(c1)C(O)CC2. The number of aryl methyl sites for hydroxylation is 1. The van der Waals surface area contributed by atoms with Crippen LogP contribution < -0.4 is 5.32 Å². The third-order valence-electron chi connectivity index (χ3n) is 2.84. The van der Waals surface area contributed by atoms with Gasteiger partial charge in [0.1, 0.15) is 5.60 Å². The molecule has 0 spiro atoms. The van der Waals surface area contributed by atoms with Crippen molar-refractivity contribution in [1.82, 2.24) is 0 Å². The van der Waals surface area contributed by atoms with Crippen LogP contribution in [0.5, 0.6) is 0 Å². The minimum Gasteiger partial charge on any atom is -0.444 e. The molecule has 4 heteroatoms. The number of benzene rings is 1. The minimum absolute atomic E-state index is 0.416. The third kappa shape index (κ3) is 3.01. The van der Waals surface area contributed by atoms with Crippen molar-refractivity contribution < 1.29 is 14.6 Å². The molecule has 0 saturated carbocycles. The summed E-state index contributed by atoms with van der Waals surface area (Å²) in [6, 6.07) is 5.59. The number of carbonyl (C=O) groups excluding carboxylic acids is 1. The van der Waals surface area contributed by atoms with Crippen LogP contribution in [0.2, 0.25) is 0 Å². The summed E-state index contributed by atoms with van der Waals surface area (Å²) >= 11 is 0. The predicted molar refractivity (Wildman–Crippen MR) is 69.6 cm³/mol. The number of amides is 1. The topological polar surface area (TPSA) is 58.6 Å². The average molecular weight is 249 g/mol. The van der Waals surface area contributed by atoms with Crippen LogP contribution >= 0.6 is 0 Å². The lowest BCUT2D eigenvalue weighted by atomic mass is 10.1. The molecule has 1 aromatic carbocycles. The van der Waals surface area contributed by atoms with Gasteiger partial charge in [-0.2, -0.15) is 0 Å². The summed E-state index contributed by atoms with van der Waals surface area (Å²) in [5.41, 5.74) is 2.20. The highest BCUT2D eigenvalue weighted by Crippen LogP contribution is 2.32. The Kier molecular flexibility index (Phi) is 3.30. The van der Waals surface area contributed by atoms with E-state index in [-0.39, 0.29) is 0 Å². The largest absolute Gasteiger partial charge is 0.444 e. The lowest BCUT2D eigenvalue weighted by Crippen LogP contribution is -2.27. The smallest absolute Gasteiger partial charge is 0.412 e. The zero-order valence-electron chi connectivity index (χ0n) is 11.0. The summed E-state index contributed by atoms with van der Waals surface area (Å²) in [6.07, 6.45) is 0.754. The molecule has 1 unspecified atom stereocenters. The number of hydrogen-bond acceptors (Lipinski definition) is 3. The maximum Gasteiger partial charge on any atom is 0.412 e. The van der Waals surface area contributed by atoms with E-state index in [0.717, 1.165) is 24.0 Å². The van der Waals surface area contributed by atoms with Gasteiger partial charge in [-0.05, 0) is 56.9 Å². The maximum absolute atomic E-state index is 11.6. The summed E-state index contributed by atoms with van der Waals surface area (Å²) in [4.78, 5) is 11.6. The van der Waals surface area contributed by atoms with Gasteiger partial charge in [0.15, 0.2) is 0 Å². The van der Waals surface area contributed by atoms with Gasteiger partial charge in [0.25, 0.3) is 0 Å². The molecule has 18 heavy (non-hydrogen) atoms. The van der Waals surface area contributed by atoms with E-state index in [2.05, 4.69) is 5.32 Å². The van der Waals surface area contributed by atoms with Crippen LogP contribution in [-0.4, -0.2) is 16.8 Å². The number of hydrogen-bond donors (Lipinski definition) is 2. The van der Waals surface area contributed by atoms with E-state index < -0.39 is 17.8 Å². The Hall–Kier alpha value is -1.55. The summed E-state index contributed by atoms with van der Waals surface area (Å²) in [5, 5.41) is 12.5. The number of rotatable bonds is 1. The maximum atomic E-state index is 11.6. The van der Waals surface area contributed by atoms with Gasteiger partial charge >= 0.3 is 6.09 Å². The van der Waals surface area contributed by atoms with Crippen molar-refractivity contribution in [2.24, 2.45) is 0 Å². The third-order valence-corrected chi connectivity index (χ3v) is 2.84. The van der Waals surface area contributed by atoms with E-state index in [4.69, 9.17) is 4.74 Å². The fourth-order valence-electron chi connectivity index (χ4n) is 2.08. The monoisotopic (exact) mass is 249 g/mol. The first-order valence-electron chi connectivity index (χ1n) is 6.16. The van der Waals surface area contributed by atoms with Crippen LogP contribution in [0.15, 0.2) is 18.2 Å². The molecule has 0 radical (unpaired) electrons. The van der Waals surface area contributed by atoms with Crippen molar-refractivity contribution in [3.8, 4) is 0 Å². The standard InChI is InChI=1S/C14H19NO3/c1-14(2,3)18-13(17)15-10-6-4-9-5-7-12(16)11(9)8-10/h4,6,8,12,16H,5,7H2,1-3H3,(H,15,17). The lowest BCUT2D eigenvalue weighted by molar-refractivity contribution is 0.0636. The Bertz CT molecular complexity index is 463. The second kappa shape index (κ2) is 4.61. The summed E-state index contributed by atoms with van der Waals surface area (Å²) in [5.74, 6) is 0. The molecule has 1 amide bonds. The van der Waals surface area contributed by atoms with Crippen molar-refractivity contribution in [3.05, 3.63) is 29.3 Å². The van der Waals surface area contributed by atoms with Crippen molar-refractivity contribution in [3.63, 3.8) is 0 Å². The number of anilines is 1. The number of nitrogens with one attached hydrogen (secondary N) is 1.